The Kier molecular flexibility index (Phi) is 3.01. The minimum absolute atomic E-state index is 0.245. The number of aromatic nitrogens is 3. The Morgan fingerprint density at radius 2 is 1.74 bits per heavy atom. The van der Waals surface area contributed by atoms with Gasteiger partial charge in [0.1, 0.15) is 5.82 Å². The van der Waals surface area contributed by atoms with Crippen LogP contribution in [-0.4, -0.2) is 22.0 Å². The molecule has 0 amide bonds. The molecule has 0 saturated heterocycles. The maximum absolute atomic E-state index is 5.99. The summed E-state index contributed by atoms with van der Waals surface area (Å²) in [6.45, 7) is 0. The Labute approximate surface area is 115 Å². The highest BCUT2D eigenvalue weighted by Gasteiger charge is 2.11. The Morgan fingerprint density at radius 1 is 1.00 bits per heavy atom. The predicted octanol–water partition coefficient (Wildman–Crippen LogP) is 3.45. The zero-order valence-electron chi connectivity index (χ0n) is 10.3. The van der Waals surface area contributed by atoms with Crippen LogP contribution in [-0.2, 0) is 0 Å². The van der Waals surface area contributed by atoms with Crippen LogP contribution in [0, 0.1) is 0 Å². The maximum atomic E-state index is 5.99. The van der Waals surface area contributed by atoms with Gasteiger partial charge in [0.25, 0.3) is 0 Å². The predicted molar refractivity (Wildman–Crippen MR) is 76.8 cm³/mol. The van der Waals surface area contributed by atoms with Crippen LogP contribution >= 0.6 is 11.6 Å². The van der Waals surface area contributed by atoms with E-state index in [4.69, 9.17) is 11.6 Å². The lowest BCUT2D eigenvalue weighted by Gasteiger charge is -2.19. The molecule has 0 spiro atoms. The largest absolute Gasteiger partial charge is 0.329 e. The van der Waals surface area contributed by atoms with Crippen LogP contribution in [0.4, 0.5) is 11.5 Å². The van der Waals surface area contributed by atoms with E-state index >= 15 is 0 Å². The lowest BCUT2D eigenvalue weighted by Crippen LogP contribution is -2.12. The SMILES string of the molecule is CN(c1ccncc1)c1nc(Cl)nc2ccccc12. The van der Waals surface area contributed by atoms with E-state index in [0.717, 1.165) is 22.4 Å². The second-order valence-corrected chi connectivity index (χ2v) is 4.44. The van der Waals surface area contributed by atoms with Gasteiger partial charge in [-0.3, -0.25) is 4.98 Å². The quantitative estimate of drug-likeness (QED) is 0.669. The molecule has 0 fully saturated rings. The second-order valence-electron chi connectivity index (χ2n) is 4.10. The van der Waals surface area contributed by atoms with Gasteiger partial charge in [-0.15, -0.1) is 0 Å². The molecular formula is C14H11ClN4. The summed E-state index contributed by atoms with van der Waals surface area (Å²) in [6.07, 6.45) is 3.49. The maximum Gasteiger partial charge on any atom is 0.224 e. The Morgan fingerprint density at radius 3 is 2.53 bits per heavy atom. The molecule has 3 rings (SSSR count). The number of rotatable bonds is 2. The third kappa shape index (κ3) is 2.22. The number of benzene rings is 1. The van der Waals surface area contributed by atoms with Gasteiger partial charge >= 0.3 is 0 Å². The zero-order valence-corrected chi connectivity index (χ0v) is 11.0. The van der Waals surface area contributed by atoms with Crippen molar-refractivity contribution < 1.29 is 0 Å². The number of para-hydroxylation sites is 1. The Hall–Kier alpha value is -2.20. The molecule has 5 heteroatoms. The summed E-state index contributed by atoms with van der Waals surface area (Å²) in [7, 11) is 1.94. The first kappa shape index (κ1) is 11.9. The molecule has 2 heterocycles. The minimum atomic E-state index is 0.245. The third-order valence-corrected chi connectivity index (χ3v) is 3.09. The molecule has 0 radical (unpaired) electrons. The molecule has 0 aliphatic rings. The van der Waals surface area contributed by atoms with E-state index in [1.807, 2.05) is 48.3 Å². The van der Waals surface area contributed by atoms with Gasteiger partial charge in [0.2, 0.25) is 5.28 Å². The number of nitrogens with zero attached hydrogens (tertiary/aromatic N) is 4. The molecule has 2 aromatic heterocycles. The average molecular weight is 271 g/mol. The lowest BCUT2D eigenvalue weighted by molar-refractivity contribution is 1.10. The zero-order chi connectivity index (χ0) is 13.2. The van der Waals surface area contributed by atoms with Crippen molar-refractivity contribution in [2.75, 3.05) is 11.9 Å². The summed E-state index contributed by atoms with van der Waals surface area (Å²) < 4.78 is 0. The fourth-order valence-corrected chi connectivity index (χ4v) is 2.15. The molecule has 0 aliphatic heterocycles. The molecule has 0 saturated carbocycles. The Balaban J connectivity index is 2.19. The third-order valence-electron chi connectivity index (χ3n) is 2.92. The van der Waals surface area contributed by atoms with Crippen molar-refractivity contribution in [3.8, 4) is 0 Å². The van der Waals surface area contributed by atoms with E-state index in [1.54, 1.807) is 12.4 Å². The van der Waals surface area contributed by atoms with Gasteiger partial charge in [0.05, 0.1) is 5.52 Å². The molecule has 0 unspecified atom stereocenters. The summed E-state index contributed by atoms with van der Waals surface area (Å²) in [5, 5.41) is 1.21. The van der Waals surface area contributed by atoms with E-state index in [0.29, 0.717) is 0 Å². The first-order valence-electron chi connectivity index (χ1n) is 5.82. The topological polar surface area (TPSA) is 41.9 Å². The fourth-order valence-electron chi connectivity index (χ4n) is 1.98. The normalized spacial score (nSPS) is 10.6. The van der Waals surface area contributed by atoms with E-state index in [9.17, 15) is 0 Å². The van der Waals surface area contributed by atoms with Gasteiger partial charge in [-0.25, -0.2) is 4.98 Å². The van der Waals surface area contributed by atoms with Gasteiger partial charge in [-0.1, -0.05) is 12.1 Å². The van der Waals surface area contributed by atoms with Crippen LogP contribution in [0.2, 0.25) is 5.28 Å². The van der Waals surface area contributed by atoms with Crippen LogP contribution in [0.5, 0.6) is 0 Å². The molecular weight excluding hydrogens is 260 g/mol. The number of anilines is 2. The van der Waals surface area contributed by atoms with Crippen LogP contribution < -0.4 is 4.90 Å². The molecule has 1 aromatic carbocycles. The molecule has 0 atom stereocenters. The van der Waals surface area contributed by atoms with E-state index in [2.05, 4.69) is 15.0 Å². The summed E-state index contributed by atoms with van der Waals surface area (Å²) in [5.41, 5.74) is 1.83. The molecule has 0 aliphatic carbocycles. The monoisotopic (exact) mass is 270 g/mol. The van der Waals surface area contributed by atoms with Crippen molar-refractivity contribution in [1.29, 1.82) is 0 Å². The van der Waals surface area contributed by atoms with E-state index < -0.39 is 0 Å². The second kappa shape index (κ2) is 4.82. The van der Waals surface area contributed by atoms with Gasteiger partial charge in [-0.2, -0.15) is 4.98 Å². The van der Waals surface area contributed by atoms with Gasteiger partial charge in [-0.05, 0) is 35.9 Å². The van der Waals surface area contributed by atoms with Crippen molar-refractivity contribution in [3.05, 3.63) is 54.1 Å². The van der Waals surface area contributed by atoms with Crippen LogP contribution in [0.15, 0.2) is 48.8 Å². The fraction of sp³-hybridized carbons (Fsp3) is 0.0714. The average Bonchev–Trinajstić information content (AvgIpc) is 2.46. The summed E-state index contributed by atoms with van der Waals surface area (Å²) in [6, 6.07) is 11.6. The van der Waals surface area contributed by atoms with Crippen molar-refractivity contribution in [1.82, 2.24) is 15.0 Å². The van der Waals surface area contributed by atoms with Crippen molar-refractivity contribution in [3.63, 3.8) is 0 Å². The van der Waals surface area contributed by atoms with Gasteiger partial charge in [0.15, 0.2) is 0 Å². The highest BCUT2D eigenvalue weighted by atomic mass is 35.5. The number of hydrogen-bond acceptors (Lipinski definition) is 4. The van der Waals surface area contributed by atoms with Crippen LogP contribution in [0.3, 0.4) is 0 Å². The standard InChI is InChI=1S/C14H11ClN4/c1-19(10-6-8-16-9-7-10)13-11-4-2-3-5-12(11)17-14(15)18-13/h2-9H,1H3. The van der Waals surface area contributed by atoms with Gasteiger partial charge in [0, 0.05) is 30.5 Å². The van der Waals surface area contributed by atoms with E-state index in [-0.39, 0.29) is 5.28 Å². The molecule has 3 aromatic rings. The number of halogens is 1. The van der Waals surface area contributed by atoms with Crippen LogP contribution in [0.25, 0.3) is 10.9 Å². The molecule has 0 N–H and O–H groups in total. The first-order valence-corrected chi connectivity index (χ1v) is 6.19. The smallest absolute Gasteiger partial charge is 0.224 e. The molecule has 19 heavy (non-hydrogen) atoms. The molecule has 94 valence electrons. The number of fused-ring (bicyclic) bond motifs is 1. The van der Waals surface area contributed by atoms with Crippen LogP contribution in [0.1, 0.15) is 0 Å². The summed E-state index contributed by atoms with van der Waals surface area (Å²) >= 11 is 5.99. The van der Waals surface area contributed by atoms with E-state index in [1.165, 1.54) is 0 Å². The first-order chi connectivity index (χ1) is 9.25. The minimum Gasteiger partial charge on any atom is -0.329 e. The molecule has 0 bridgehead atoms. The van der Waals surface area contributed by atoms with Crippen molar-refractivity contribution in [2.45, 2.75) is 0 Å². The number of pyridine rings is 1. The summed E-state index contributed by atoms with van der Waals surface area (Å²) in [5.74, 6) is 0.779. The summed E-state index contributed by atoms with van der Waals surface area (Å²) in [4.78, 5) is 14.6. The lowest BCUT2D eigenvalue weighted by atomic mass is 10.2. The van der Waals surface area contributed by atoms with Crippen molar-refractivity contribution >= 4 is 34.0 Å². The molecule has 4 nitrogen and oxygen atoms in total. The number of hydrogen-bond donors (Lipinski definition) is 0. The van der Waals surface area contributed by atoms with Gasteiger partial charge < -0.3 is 4.90 Å². The highest BCUT2D eigenvalue weighted by Crippen LogP contribution is 2.29. The Bertz CT molecular complexity index is 715. The highest BCUT2D eigenvalue weighted by molar-refractivity contribution is 6.28. The van der Waals surface area contributed by atoms with Crippen molar-refractivity contribution in [2.24, 2.45) is 0 Å².